The van der Waals surface area contributed by atoms with Crippen molar-refractivity contribution < 1.29 is 19.0 Å². The molecule has 1 amide bonds. The summed E-state index contributed by atoms with van der Waals surface area (Å²) in [6, 6.07) is 14.5. The van der Waals surface area contributed by atoms with Crippen LogP contribution in [0.5, 0.6) is 17.2 Å². The van der Waals surface area contributed by atoms with Gasteiger partial charge in [-0.25, -0.2) is 4.99 Å². The number of hydrogen-bond acceptors (Lipinski definition) is 5. The lowest BCUT2D eigenvalue weighted by molar-refractivity contribution is 0.0954. The second-order valence-corrected chi connectivity index (χ2v) is 6.74. The second-order valence-electron chi connectivity index (χ2n) is 6.74. The Bertz CT molecular complexity index is 863. The van der Waals surface area contributed by atoms with Crippen molar-refractivity contribution in [2.24, 2.45) is 4.99 Å². The number of benzene rings is 2. The molecule has 9 heteroatoms. The number of amides is 1. The summed E-state index contributed by atoms with van der Waals surface area (Å²) in [7, 11) is 3.20. The number of nitrogens with zero attached hydrogens (tertiary/aromatic N) is 1. The van der Waals surface area contributed by atoms with Crippen LogP contribution in [-0.2, 0) is 0 Å². The molecule has 0 aliphatic rings. The molecular formula is C23H33IN4O4. The van der Waals surface area contributed by atoms with Crippen molar-refractivity contribution in [3.05, 3.63) is 54.1 Å². The summed E-state index contributed by atoms with van der Waals surface area (Å²) < 4.78 is 16.3. The van der Waals surface area contributed by atoms with Gasteiger partial charge < -0.3 is 30.2 Å². The molecule has 0 fully saturated rings. The summed E-state index contributed by atoms with van der Waals surface area (Å²) in [5.41, 5.74) is 0.559. The first-order valence-electron chi connectivity index (χ1n) is 10.3. The number of rotatable bonds is 11. The molecule has 3 N–H and O–H groups in total. The SMILES string of the molecule is CCNC(=NCC(C)Oc1cccc(OC)c1)NCCNC(=O)c1cccc(OC)c1.I. The number of guanidine groups is 1. The Balaban J connectivity index is 0.00000512. The standard InChI is InChI=1S/C23H32N4O4.HI/c1-5-24-23(27-16-17(2)31-21-11-7-10-20(15-21)30-4)26-13-12-25-22(28)18-8-6-9-19(14-18)29-3;/h6-11,14-15,17H,5,12-13,16H2,1-4H3,(H,25,28)(H2,24,26,27);1H. The van der Waals surface area contributed by atoms with Crippen LogP contribution in [0, 0.1) is 0 Å². The van der Waals surface area contributed by atoms with Gasteiger partial charge in [-0.05, 0) is 44.2 Å². The Kier molecular flexibility index (Phi) is 13.0. The van der Waals surface area contributed by atoms with Gasteiger partial charge in [0.25, 0.3) is 5.91 Å². The van der Waals surface area contributed by atoms with Crippen molar-refractivity contribution in [1.29, 1.82) is 0 Å². The van der Waals surface area contributed by atoms with E-state index in [0.717, 1.165) is 18.0 Å². The molecular weight excluding hydrogens is 523 g/mol. The molecule has 1 unspecified atom stereocenters. The average molecular weight is 556 g/mol. The van der Waals surface area contributed by atoms with Gasteiger partial charge in [-0.2, -0.15) is 0 Å². The van der Waals surface area contributed by atoms with Crippen LogP contribution in [0.1, 0.15) is 24.2 Å². The van der Waals surface area contributed by atoms with Gasteiger partial charge in [0, 0.05) is 31.3 Å². The van der Waals surface area contributed by atoms with Gasteiger partial charge in [-0.15, -0.1) is 24.0 Å². The molecule has 0 heterocycles. The molecule has 0 saturated heterocycles. The van der Waals surface area contributed by atoms with E-state index in [9.17, 15) is 4.79 Å². The molecule has 0 radical (unpaired) electrons. The Labute approximate surface area is 207 Å². The smallest absolute Gasteiger partial charge is 0.251 e. The van der Waals surface area contributed by atoms with Crippen molar-refractivity contribution >= 4 is 35.8 Å². The molecule has 0 bridgehead atoms. The van der Waals surface area contributed by atoms with Crippen LogP contribution >= 0.6 is 24.0 Å². The van der Waals surface area contributed by atoms with Crippen LogP contribution in [0.15, 0.2) is 53.5 Å². The highest BCUT2D eigenvalue weighted by Crippen LogP contribution is 2.20. The van der Waals surface area contributed by atoms with E-state index in [1.165, 1.54) is 0 Å². The fourth-order valence-corrected chi connectivity index (χ4v) is 2.73. The average Bonchev–Trinajstić information content (AvgIpc) is 2.80. The van der Waals surface area contributed by atoms with Crippen LogP contribution in [0.25, 0.3) is 0 Å². The van der Waals surface area contributed by atoms with Gasteiger partial charge in [0.15, 0.2) is 5.96 Å². The fraction of sp³-hybridized carbons (Fsp3) is 0.391. The molecule has 0 aliphatic carbocycles. The van der Waals surface area contributed by atoms with Gasteiger partial charge in [0.1, 0.15) is 23.4 Å². The minimum atomic E-state index is -0.150. The fourth-order valence-electron chi connectivity index (χ4n) is 2.73. The molecule has 2 aromatic rings. The van der Waals surface area contributed by atoms with E-state index in [4.69, 9.17) is 14.2 Å². The van der Waals surface area contributed by atoms with Crippen LogP contribution in [-0.4, -0.2) is 58.4 Å². The number of nitrogens with one attached hydrogen (secondary N) is 3. The summed E-state index contributed by atoms with van der Waals surface area (Å²) in [6.45, 7) is 6.15. The number of methoxy groups -OCH3 is 2. The second kappa shape index (κ2) is 15.2. The third-order valence-corrected chi connectivity index (χ3v) is 4.26. The lowest BCUT2D eigenvalue weighted by Crippen LogP contribution is -2.42. The first-order chi connectivity index (χ1) is 15.0. The van der Waals surface area contributed by atoms with Crippen LogP contribution in [0.4, 0.5) is 0 Å². The summed E-state index contributed by atoms with van der Waals surface area (Å²) in [6.07, 6.45) is -0.115. The van der Waals surface area contributed by atoms with Gasteiger partial charge >= 0.3 is 0 Å². The van der Waals surface area contributed by atoms with Crippen molar-refractivity contribution in [1.82, 2.24) is 16.0 Å². The third-order valence-electron chi connectivity index (χ3n) is 4.26. The summed E-state index contributed by atoms with van der Waals surface area (Å²) in [4.78, 5) is 16.8. The van der Waals surface area contributed by atoms with Gasteiger partial charge in [-0.1, -0.05) is 12.1 Å². The molecule has 1 atom stereocenters. The number of carbonyl (C=O) groups excluding carboxylic acids is 1. The zero-order chi connectivity index (χ0) is 22.5. The molecule has 0 aliphatic heterocycles. The van der Waals surface area contributed by atoms with E-state index < -0.39 is 0 Å². The van der Waals surface area contributed by atoms with Crippen molar-refractivity contribution in [3.8, 4) is 17.2 Å². The van der Waals surface area contributed by atoms with E-state index in [-0.39, 0.29) is 36.0 Å². The predicted molar refractivity (Wildman–Crippen MR) is 138 cm³/mol. The van der Waals surface area contributed by atoms with E-state index in [2.05, 4.69) is 20.9 Å². The maximum atomic E-state index is 12.3. The quantitative estimate of drug-likeness (QED) is 0.171. The van der Waals surface area contributed by atoms with Crippen LogP contribution in [0.2, 0.25) is 0 Å². The maximum absolute atomic E-state index is 12.3. The highest BCUT2D eigenvalue weighted by Gasteiger charge is 2.07. The van der Waals surface area contributed by atoms with Gasteiger partial charge in [0.2, 0.25) is 0 Å². The molecule has 8 nitrogen and oxygen atoms in total. The lowest BCUT2D eigenvalue weighted by atomic mass is 10.2. The largest absolute Gasteiger partial charge is 0.497 e. The van der Waals surface area contributed by atoms with Crippen molar-refractivity contribution in [2.45, 2.75) is 20.0 Å². The Morgan fingerprint density at radius 2 is 1.56 bits per heavy atom. The number of aliphatic imine (C=N–C) groups is 1. The molecule has 0 saturated carbocycles. The van der Waals surface area contributed by atoms with Crippen molar-refractivity contribution in [2.75, 3.05) is 40.4 Å². The van der Waals surface area contributed by atoms with E-state index in [1.54, 1.807) is 38.5 Å². The Morgan fingerprint density at radius 3 is 2.25 bits per heavy atom. The van der Waals surface area contributed by atoms with Gasteiger partial charge in [-0.3, -0.25) is 4.79 Å². The topological polar surface area (TPSA) is 93.2 Å². The van der Waals surface area contributed by atoms with Crippen LogP contribution < -0.4 is 30.2 Å². The van der Waals surface area contributed by atoms with Crippen molar-refractivity contribution in [3.63, 3.8) is 0 Å². The zero-order valence-electron chi connectivity index (χ0n) is 19.0. The molecule has 0 spiro atoms. The monoisotopic (exact) mass is 556 g/mol. The Morgan fingerprint density at radius 1 is 0.938 bits per heavy atom. The lowest BCUT2D eigenvalue weighted by Gasteiger charge is -2.16. The molecule has 0 aromatic heterocycles. The molecule has 2 aromatic carbocycles. The number of halogens is 1. The van der Waals surface area contributed by atoms with E-state index in [0.29, 0.717) is 36.9 Å². The van der Waals surface area contributed by atoms with E-state index >= 15 is 0 Å². The number of hydrogen-bond donors (Lipinski definition) is 3. The summed E-state index contributed by atoms with van der Waals surface area (Å²) in [5.74, 6) is 2.65. The minimum Gasteiger partial charge on any atom is -0.497 e. The Hall–Kier alpha value is -2.69. The highest BCUT2D eigenvalue weighted by atomic mass is 127. The van der Waals surface area contributed by atoms with Gasteiger partial charge in [0.05, 0.1) is 20.8 Å². The predicted octanol–water partition coefficient (Wildman–Crippen LogP) is 3.07. The number of ether oxygens (including phenoxy) is 3. The molecule has 32 heavy (non-hydrogen) atoms. The normalized spacial score (nSPS) is 11.6. The summed E-state index contributed by atoms with van der Waals surface area (Å²) in [5, 5.41) is 9.28. The highest BCUT2D eigenvalue weighted by molar-refractivity contribution is 14.0. The number of carbonyl (C=O) groups is 1. The first kappa shape index (κ1) is 27.3. The maximum Gasteiger partial charge on any atom is 0.251 e. The minimum absolute atomic E-state index is 0. The third kappa shape index (κ3) is 9.63. The first-order valence-corrected chi connectivity index (χ1v) is 10.3. The molecule has 2 rings (SSSR count). The summed E-state index contributed by atoms with van der Waals surface area (Å²) >= 11 is 0. The molecule has 176 valence electrons. The van der Waals surface area contributed by atoms with Crippen LogP contribution in [0.3, 0.4) is 0 Å². The van der Waals surface area contributed by atoms with E-state index in [1.807, 2.05) is 38.1 Å². The zero-order valence-corrected chi connectivity index (χ0v) is 21.3.